The fourth-order valence-electron chi connectivity index (χ4n) is 4.34. The van der Waals surface area contributed by atoms with Crippen molar-refractivity contribution in [2.75, 3.05) is 19.6 Å². The van der Waals surface area contributed by atoms with Gasteiger partial charge in [0.25, 0.3) is 5.91 Å². The van der Waals surface area contributed by atoms with Crippen molar-refractivity contribution in [3.8, 4) is 0 Å². The molecule has 4 rings (SSSR count). The largest absolute Gasteiger partial charge is 0.338 e. The standard InChI is InChI=1S/C21H25FN4O/c1-14-8-9-23-11-18(14)21(27)26-10-2-3-16(13-26)20-19(12-24-25-20)15-4-6-17(22)7-5-15/h4-9,11,16,19-20,24-25H,2-3,10,12-13H2,1H3. The summed E-state index contributed by atoms with van der Waals surface area (Å²) >= 11 is 0. The summed E-state index contributed by atoms with van der Waals surface area (Å²) in [6, 6.07) is 8.88. The van der Waals surface area contributed by atoms with Crippen LogP contribution < -0.4 is 10.9 Å². The van der Waals surface area contributed by atoms with Gasteiger partial charge in [0, 0.05) is 44.0 Å². The van der Waals surface area contributed by atoms with Crippen LogP contribution in [0.3, 0.4) is 0 Å². The van der Waals surface area contributed by atoms with Gasteiger partial charge in [0.05, 0.1) is 5.56 Å². The third-order valence-corrected chi connectivity index (χ3v) is 5.84. The summed E-state index contributed by atoms with van der Waals surface area (Å²) in [4.78, 5) is 19.1. The Bertz CT molecular complexity index is 810. The minimum atomic E-state index is -0.213. The maximum Gasteiger partial charge on any atom is 0.255 e. The van der Waals surface area contributed by atoms with Crippen LogP contribution in [0.25, 0.3) is 0 Å². The molecule has 2 saturated heterocycles. The summed E-state index contributed by atoms with van der Waals surface area (Å²) in [5.41, 5.74) is 9.44. The Morgan fingerprint density at radius 3 is 2.85 bits per heavy atom. The lowest BCUT2D eigenvalue weighted by molar-refractivity contribution is 0.0643. The Balaban J connectivity index is 1.50. The first-order chi connectivity index (χ1) is 13.1. The number of hydrazine groups is 1. The van der Waals surface area contributed by atoms with Crippen molar-refractivity contribution in [3.05, 3.63) is 65.2 Å². The summed E-state index contributed by atoms with van der Waals surface area (Å²) in [6.07, 6.45) is 5.45. The zero-order valence-electron chi connectivity index (χ0n) is 15.5. The van der Waals surface area contributed by atoms with Gasteiger partial charge in [0.2, 0.25) is 0 Å². The molecule has 2 aliphatic heterocycles. The number of amides is 1. The van der Waals surface area contributed by atoms with Crippen LogP contribution in [0.15, 0.2) is 42.7 Å². The number of carbonyl (C=O) groups is 1. The number of likely N-dealkylation sites (tertiary alicyclic amines) is 1. The van der Waals surface area contributed by atoms with Gasteiger partial charge in [-0.25, -0.2) is 4.39 Å². The van der Waals surface area contributed by atoms with Crippen molar-refractivity contribution in [2.45, 2.75) is 31.7 Å². The van der Waals surface area contributed by atoms with Crippen LogP contribution in [0.1, 0.15) is 40.2 Å². The van der Waals surface area contributed by atoms with E-state index in [0.29, 0.717) is 11.5 Å². The first-order valence-electron chi connectivity index (χ1n) is 9.57. The average molecular weight is 368 g/mol. The average Bonchev–Trinajstić information content (AvgIpc) is 3.18. The lowest BCUT2D eigenvalue weighted by atomic mass is 9.81. The van der Waals surface area contributed by atoms with Gasteiger partial charge in [-0.15, -0.1) is 0 Å². The molecule has 1 aromatic heterocycles. The molecule has 1 aromatic carbocycles. The van der Waals surface area contributed by atoms with E-state index in [2.05, 4.69) is 15.8 Å². The molecule has 0 saturated carbocycles. The van der Waals surface area contributed by atoms with E-state index in [4.69, 9.17) is 0 Å². The molecule has 2 aromatic rings. The van der Waals surface area contributed by atoms with Crippen LogP contribution in [0.2, 0.25) is 0 Å². The lowest BCUT2D eigenvalue weighted by Gasteiger charge is -2.37. The summed E-state index contributed by atoms with van der Waals surface area (Å²) in [5.74, 6) is 0.473. The molecule has 5 nitrogen and oxygen atoms in total. The number of aryl methyl sites for hydroxylation is 1. The van der Waals surface area contributed by atoms with E-state index in [1.54, 1.807) is 12.4 Å². The smallest absolute Gasteiger partial charge is 0.255 e. The van der Waals surface area contributed by atoms with E-state index in [9.17, 15) is 9.18 Å². The van der Waals surface area contributed by atoms with Crippen LogP contribution in [0.4, 0.5) is 4.39 Å². The van der Waals surface area contributed by atoms with Gasteiger partial charge in [0.1, 0.15) is 5.82 Å². The van der Waals surface area contributed by atoms with Crippen LogP contribution in [-0.4, -0.2) is 41.5 Å². The van der Waals surface area contributed by atoms with Gasteiger partial charge in [-0.1, -0.05) is 12.1 Å². The summed E-state index contributed by atoms with van der Waals surface area (Å²) in [7, 11) is 0. The second-order valence-electron chi connectivity index (χ2n) is 7.55. The Morgan fingerprint density at radius 1 is 1.26 bits per heavy atom. The van der Waals surface area contributed by atoms with Crippen LogP contribution in [0.5, 0.6) is 0 Å². The Kier molecular flexibility index (Phi) is 5.18. The molecule has 0 bridgehead atoms. The molecule has 3 unspecified atom stereocenters. The summed E-state index contributed by atoms with van der Waals surface area (Å²) in [5, 5.41) is 0. The molecule has 3 heterocycles. The first-order valence-corrected chi connectivity index (χ1v) is 9.57. The predicted octanol–water partition coefficient (Wildman–Crippen LogP) is 2.64. The maximum atomic E-state index is 13.3. The van der Waals surface area contributed by atoms with E-state index in [1.165, 1.54) is 12.1 Å². The Hall–Kier alpha value is -2.31. The number of hydrogen-bond acceptors (Lipinski definition) is 4. The van der Waals surface area contributed by atoms with Crippen molar-refractivity contribution in [1.29, 1.82) is 0 Å². The molecule has 6 heteroatoms. The van der Waals surface area contributed by atoms with Gasteiger partial charge in [-0.2, -0.15) is 0 Å². The van der Waals surface area contributed by atoms with E-state index < -0.39 is 0 Å². The monoisotopic (exact) mass is 368 g/mol. The molecule has 3 atom stereocenters. The molecule has 1 amide bonds. The fourth-order valence-corrected chi connectivity index (χ4v) is 4.34. The lowest BCUT2D eigenvalue weighted by Crippen LogP contribution is -2.48. The number of halogens is 1. The zero-order valence-corrected chi connectivity index (χ0v) is 15.5. The molecule has 0 aliphatic carbocycles. The van der Waals surface area contributed by atoms with Crippen LogP contribution in [-0.2, 0) is 0 Å². The number of benzene rings is 1. The number of nitrogens with zero attached hydrogens (tertiary/aromatic N) is 2. The van der Waals surface area contributed by atoms with Crippen LogP contribution in [0, 0.1) is 18.7 Å². The van der Waals surface area contributed by atoms with E-state index in [0.717, 1.165) is 43.6 Å². The highest BCUT2D eigenvalue weighted by atomic mass is 19.1. The topological polar surface area (TPSA) is 57.3 Å². The van der Waals surface area contributed by atoms with Crippen molar-refractivity contribution >= 4 is 5.91 Å². The van der Waals surface area contributed by atoms with Gasteiger partial charge in [-0.05, 0) is 55.0 Å². The molecule has 2 N–H and O–H groups in total. The minimum Gasteiger partial charge on any atom is -0.338 e. The second-order valence-corrected chi connectivity index (χ2v) is 7.55. The molecule has 27 heavy (non-hydrogen) atoms. The van der Waals surface area contributed by atoms with E-state index >= 15 is 0 Å². The van der Waals surface area contributed by atoms with Crippen molar-refractivity contribution in [1.82, 2.24) is 20.7 Å². The van der Waals surface area contributed by atoms with Crippen LogP contribution >= 0.6 is 0 Å². The molecule has 0 radical (unpaired) electrons. The molecular weight excluding hydrogens is 343 g/mol. The van der Waals surface area contributed by atoms with Gasteiger partial charge >= 0.3 is 0 Å². The number of pyridine rings is 1. The molecule has 142 valence electrons. The SMILES string of the molecule is Cc1ccncc1C(=O)N1CCCC(C2NNCC2c2ccc(F)cc2)C1. The number of rotatable bonds is 3. The minimum absolute atomic E-state index is 0.0644. The second kappa shape index (κ2) is 7.74. The highest BCUT2D eigenvalue weighted by Gasteiger charge is 2.37. The number of piperidine rings is 1. The number of hydrogen-bond donors (Lipinski definition) is 2. The van der Waals surface area contributed by atoms with Gasteiger partial charge < -0.3 is 4.90 Å². The van der Waals surface area contributed by atoms with Crippen molar-refractivity contribution in [3.63, 3.8) is 0 Å². The third-order valence-electron chi connectivity index (χ3n) is 5.84. The summed E-state index contributed by atoms with van der Waals surface area (Å²) < 4.78 is 13.3. The predicted molar refractivity (Wildman–Crippen MR) is 102 cm³/mol. The normalized spacial score (nSPS) is 25.6. The quantitative estimate of drug-likeness (QED) is 0.875. The van der Waals surface area contributed by atoms with Gasteiger partial charge in [0.15, 0.2) is 0 Å². The van der Waals surface area contributed by atoms with Crippen molar-refractivity contribution in [2.24, 2.45) is 5.92 Å². The fraction of sp³-hybridized carbons (Fsp3) is 0.429. The molecule has 0 spiro atoms. The van der Waals surface area contributed by atoms with E-state index in [-0.39, 0.29) is 23.7 Å². The number of nitrogens with one attached hydrogen (secondary N) is 2. The third kappa shape index (κ3) is 3.73. The molecule has 2 aliphatic rings. The molecule has 2 fully saturated rings. The first kappa shape index (κ1) is 18.1. The van der Waals surface area contributed by atoms with Gasteiger partial charge in [-0.3, -0.25) is 20.6 Å². The number of aromatic nitrogens is 1. The summed E-state index contributed by atoms with van der Waals surface area (Å²) in [6.45, 7) is 4.26. The van der Waals surface area contributed by atoms with Crippen molar-refractivity contribution < 1.29 is 9.18 Å². The Morgan fingerprint density at radius 2 is 2.07 bits per heavy atom. The number of carbonyl (C=O) groups excluding carboxylic acids is 1. The highest BCUT2D eigenvalue weighted by molar-refractivity contribution is 5.95. The zero-order chi connectivity index (χ0) is 18.8. The molecular formula is C21H25FN4O. The highest BCUT2D eigenvalue weighted by Crippen LogP contribution is 2.32. The Labute approximate surface area is 159 Å². The van der Waals surface area contributed by atoms with E-state index in [1.807, 2.05) is 30.0 Å². The maximum absolute atomic E-state index is 13.3.